The molecule has 0 saturated heterocycles. The van der Waals surface area contributed by atoms with E-state index in [0.29, 0.717) is 5.25 Å². The van der Waals surface area contributed by atoms with Crippen LogP contribution in [0.25, 0.3) is 0 Å². The lowest BCUT2D eigenvalue weighted by molar-refractivity contribution is 0.424. The van der Waals surface area contributed by atoms with E-state index in [9.17, 15) is 5.26 Å². The Labute approximate surface area is 91.4 Å². The maximum Gasteiger partial charge on any atom is 0.107 e. The number of thioether (sulfide) groups is 1. The summed E-state index contributed by atoms with van der Waals surface area (Å²) in [5, 5.41) is 13.3. The van der Waals surface area contributed by atoms with Gasteiger partial charge in [-0.25, -0.2) is 0 Å². The van der Waals surface area contributed by atoms with E-state index in [-0.39, 0.29) is 5.54 Å². The predicted octanol–water partition coefficient (Wildman–Crippen LogP) is 2.55. The van der Waals surface area contributed by atoms with Gasteiger partial charge in [-0.05, 0) is 38.0 Å². The summed E-state index contributed by atoms with van der Waals surface area (Å²) < 4.78 is 0. The molecule has 1 aliphatic rings. The molecule has 2 atom stereocenters. The minimum atomic E-state index is -0.206. The van der Waals surface area contributed by atoms with Gasteiger partial charge in [0.1, 0.15) is 5.54 Å². The number of nitrogens with zero attached hydrogens (tertiary/aromatic N) is 1. The molecular formula is C11H20N2S. The van der Waals surface area contributed by atoms with Crippen LogP contribution in [0.4, 0.5) is 0 Å². The zero-order valence-electron chi connectivity index (χ0n) is 9.18. The second-order valence-corrected chi connectivity index (χ2v) is 5.52. The molecule has 0 aromatic rings. The number of nitrogens with one attached hydrogen (secondary N) is 1. The third-order valence-electron chi connectivity index (χ3n) is 2.80. The van der Waals surface area contributed by atoms with Crippen LogP contribution in [0.15, 0.2) is 0 Å². The molecule has 80 valence electrons. The molecule has 1 rings (SSSR count). The van der Waals surface area contributed by atoms with Crippen molar-refractivity contribution in [3.63, 3.8) is 0 Å². The molecule has 14 heavy (non-hydrogen) atoms. The molecule has 0 aliphatic heterocycles. The molecule has 0 spiro atoms. The summed E-state index contributed by atoms with van der Waals surface area (Å²) in [6.07, 6.45) is 4.36. The van der Waals surface area contributed by atoms with Gasteiger partial charge in [-0.15, -0.1) is 0 Å². The normalized spacial score (nSPS) is 31.6. The highest BCUT2D eigenvalue weighted by atomic mass is 32.2. The Balaban J connectivity index is 2.45. The minimum absolute atomic E-state index is 0.206. The Morgan fingerprint density at radius 2 is 2.36 bits per heavy atom. The summed E-state index contributed by atoms with van der Waals surface area (Å²) in [4.78, 5) is 0. The summed E-state index contributed by atoms with van der Waals surface area (Å²) in [5.41, 5.74) is -0.206. The number of rotatable bonds is 5. The van der Waals surface area contributed by atoms with Crippen LogP contribution in [0.5, 0.6) is 0 Å². The largest absolute Gasteiger partial charge is 0.299 e. The summed E-state index contributed by atoms with van der Waals surface area (Å²) >= 11 is 2.00. The van der Waals surface area contributed by atoms with E-state index in [1.54, 1.807) is 0 Å². The van der Waals surface area contributed by atoms with Crippen molar-refractivity contribution >= 4 is 11.8 Å². The van der Waals surface area contributed by atoms with Gasteiger partial charge < -0.3 is 0 Å². The topological polar surface area (TPSA) is 35.8 Å². The van der Waals surface area contributed by atoms with Crippen LogP contribution in [0.1, 0.15) is 39.5 Å². The third-order valence-corrected chi connectivity index (χ3v) is 4.01. The van der Waals surface area contributed by atoms with E-state index in [2.05, 4.69) is 25.2 Å². The van der Waals surface area contributed by atoms with Crippen LogP contribution in [0.3, 0.4) is 0 Å². The Kier molecular flexibility index (Phi) is 4.77. The zero-order valence-corrected chi connectivity index (χ0v) is 9.99. The molecule has 1 saturated carbocycles. The molecule has 1 aliphatic carbocycles. The quantitative estimate of drug-likeness (QED) is 0.761. The maximum atomic E-state index is 9.21. The summed E-state index contributed by atoms with van der Waals surface area (Å²) in [6, 6.07) is 2.48. The summed E-state index contributed by atoms with van der Waals surface area (Å²) in [7, 11) is 0. The summed E-state index contributed by atoms with van der Waals surface area (Å²) in [6.45, 7) is 5.30. The summed E-state index contributed by atoms with van der Waals surface area (Å²) in [5.74, 6) is 1.17. The van der Waals surface area contributed by atoms with Crippen molar-refractivity contribution in [2.75, 3.05) is 12.3 Å². The Morgan fingerprint density at radius 1 is 1.57 bits per heavy atom. The van der Waals surface area contributed by atoms with E-state index in [1.807, 2.05) is 11.8 Å². The Hall–Kier alpha value is -0.200. The lowest BCUT2D eigenvalue weighted by Gasteiger charge is -2.22. The lowest BCUT2D eigenvalue weighted by Crippen LogP contribution is -2.42. The van der Waals surface area contributed by atoms with Gasteiger partial charge in [0.15, 0.2) is 0 Å². The van der Waals surface area contributed by atoms with Crippen LogP contribution >= 0.6 is 11.8 Å². The molecule has 0 radical (unpaired) electrons. The first kappa shape index (κ1) is 11.9. The van der Waals surface area contributed by atoms with Crippen molar-refractivity contribution < 1.29 is 0 Å². The molecule has 2 unspecified atom stereocenters. The fraction of sp³-hybridized carbons (Fsp3) is 0.909. The molecule has 0 aromatic heterocycles. The Morgan fingerprint density at radius 3 is 2.93 bits per heavy atom. The van der Waals surface area contributed by atoms with E-state index in [0.717, 1.165) is 25.8 Å². The molecule has 0 aromatic carbocycles. The molecule has 0 amide bonds. The zero-order chi connectivity index (χ0) is 10.4. The Bertz CT molecular complexity index is 212. The number of hydrogen-bond donors (Lipinski definition) is 1. The average molecular weight is 212 g/mol. The van der Waals surface area contributed by atoms with Crippen molar-refractivity contribution in [3.05, 3.63) is 0 Å². The van der Waals surface area contributed by atoms with Crippen molar-refractivity contribution in [1.29, 1.82) is 5.26 Å². The first-order chi connectivity index (χ1) is 6.76. The minimum Gasteiger partial charge on any atom is -0.299 e. The highest BCUT2D eigenvalue weighted by molar-refractivity contribution is 7.99. The number of nitriles is 1. The monoisotopic (exact) mass is 212 g/mol. The molecule has 0 heterocycles. The molecule has 0 bridgehead atoms. The van der Waals surface area contributed by atoms with Crippen LogP contribution in [-0.4, -0.2) is 23.1 Å². The van der Waals surface area contributed by atoms with Crippen LogP contribution in [0, 0.1) is 11.3 Å². The highest BCUT2D eigenvalue weighted by Crippen LogP contribution is 2.36. The number of hydrogen-bond acceptors (Lipinski definition) is 3. The van der Waals surface area contributed by atoms with Gasteiger partial charge >= 0.3 is 0 Å². The van der Waals surface area contributed by atoms with E-state index in [1.165, 1.54) is 12.2 Å². The van der Waals surface area contributed by atoms with Crippen LogP contribution in [-0.2, 0) is 0 Å². The average Bonchev–Trinajstić information content (AvgIpc) is 2.60. The van der Waals surface area contributed by atoms with Gasteiger partial charge in [0.05, 0.1) is 6.07 Å². The molecule has 3 heteroatoms. The second kappa shape index (κ2) is 5.63. The SMILES string of the molecule is CCCNC1(C#N)CCC(SCC)C1. The van der Waals surface area contributed by atoms with Crippen molar-refractivity contribution in [2.24, 2.45) is 0 Å². The highest BCUT2D eigenvalue weighted by Gasteiger charge is 2.38. The molecule has 1 N–H and O–H groups in total. The maximum absolute atomic E-state index is 9.21. The van der Waals surface area contributed by atoms with Gasteiger partial charge in [-0.1, -0.05) is 13.8 Å². The van der Waals surface area contributed by atoms with E-state index >= 15 is 0 Å². The second-order valence-electron chi connectivity index (χ2n) is 3.94. The smallest absolute Gasteiger partial charge is 0.107 e. The van der Waals surface area contributed by atoms with Gasteiger partial charge in [0, 0.05) is 5.25 Å². The van der Waals surface area contributed by atoms with Gasteiger partial charge in [-0.3, -0.25) is 5.32 Å². The van der Waals surface area contributed by atoms with Gasteiger partial charge in [0.25, 0.3) is 0 Å². The van der Waals surface area contributed by atoms with E-state index in [4.69, 9.17) is 0 Å². The van der Waals surface area contributed by atoms with E-state index < -0.39 is 0 Å². The van der Waals surface area contributed by atoms with Crippen molar-refractivity contribution in [3.8, 4) is 6.07 Å². The predicted molar refractivity (Wildman–Crippen MR) is 62.4 cm³/mol. The van der Waals surface area contributed by atoms with Crippen LogP contribution < -0.4 is 5.32 Å². The first-order valence-electron chi connectivity index (χ1n) is 5.54. The lowest BCUT2D eigenvalue weighted by atomic mass is 10.00. The fourth-order valence-corrected chi connectivity index (χ4v) is 3.20. The standard InChI is InChI=1S/C11H20N2S/c1-3-7-13-11(9-12)6-5-10(8-11)14-4-2/h10,13H,3-8H2,1-2H3. The third kappa shape index (κ3) is 2.90. The van der Waals surface area contributed by atoms with Gasteiger partial charge in [0.2, 0.25) is 0 Å². The fourth-order valence-electron chi connectivity index (χ4n) is 2.04. The van der Waals surface area contributed by atoms with Crippen LogP contribution in [0.2, 0.25) is 0 Å². The molecule has 1 fully saturated rings. The van der Waals surface area contributed by atoms with Crippen molar-refractivity contribution in [1.82, 2.24) is 5.32 Å². The van der Waals surface area contributed by atoms with Gasteiger partial charge in [-0.2, -0.15) is 17.0 Å². The molecular weight excluding hydrogens is 192 g/mol. The van der Waals surface area contributed by atoms with Crippen molar-refractivity contribution in [2.45, 2.75) is 50.3 Å². The molecule has 2 nitrogen and oxygen atoms in total. The first-order valence-corrected chi connectivity index (χ1v) is 6.59.